The van der Waals surface area contributed by atoms with Crippen LogP contribution in [0.5, 0.6) is 0 Å². The summed E-state index contributed by atoms with van der Waals surface area (Å²) in [6.45, 7) is 3.34. The number of nitrogens with zero attached hydrogens (tertiary/aromatic N) is 1. The Morgan fingerprint density at radius 3 is 2.75 bits per heavy atom. The van der Waals surface area contributed by atoms with Gasteiger partial charge in [-0.15, -0.1) is 0 Å². The first-order chi connectivity index (χ1) is 7.49. The van der Waals surface area contributed by atoms with E-state index in [1.807, 2.05) is 0 Å². The van der Waals surface area contributed by atoms with E-state index in [1.54, 1.807) is 36.4 Å². The second-order valence-electron chi connectivity index (χ2n) is 3.04. The van der Waals surface area contributed by atoms with Gasteiger partial charge in [-0.25, -0.2) is 18.6 Å². The Bertz CT molecular complexity index is 410. The first-order valence-electron chi connectivity index (χ1n) is 4.59. The van der Waals surface area contributed by atoms with E-state index >= 15 is 0 Å². The molecule has 0 fully saturated rings. The van der Waals surface area contributed by atoms with Crippen LogP contribution in [-0.4, -0.2) is 17.6 Å². The highest BCUT2D eigenvalue weighted by Gasteiger charge is 2.25. The van der Waals surface area contributed by atoms with Crippen LogP contribution in [0.2, 0.25) is 0 Å². The molecule has 3 nitrogen and oxygen atoms in total. The van der Waals surface area contributed by atoms with Crippen LogP contribution < -0.4 is 0 Å². The van der Waals surface area contributed by atoms with Crippen LogP contribution in [0.25, 0.3) is 0 Å². The van der Waals surface area contributed by atoms with Crippen LogP contribution in [0.4, 0.5) is 8.78 Å². The highest BCUT2D eigenvalue weighted by Crippen LogP contribution is 2.29. The molecule has 0 amide bonds. The number of carbonyl (C=O) groups excluding carboxylic acids is 1. The molecule has 0 N–H and O–H groups in total. The van der Waals surface area contributed by atoms with E-state index in [1.165, 1.54) is 6.20 Å². The first kappa shape index (κ1) is 13.3. The van der Waals surface area contributed by atoms with Crippen LogP contribution >= 0.6 is 22.6 Å². The van der Waals surface area contributed by atoms with E-state index in [0.29, 0.717) is 5.56 Å². The van der Waals surface area contributed by atoms with Gasteiger partial charge in [0.05, 0.1) is 17.7 Å². The smallest absolute Gasteiger partial charge is 0.339 e. The molecule has 0 aromatic carbocycles. The summed E-state index contributed by atoms with van der Waals surface area (Å²) in [5.74, 6) is -0.726. The second-order valence-corrected chi connectivity index (χ2v) is 4.06. The number of carbonyl (C=O) groups is 1. The number of aryl methyl sites for hydroxylation is 1. The van der Waals surface area contributed by atoms with Crippen LogP contribution in [0.1, 0.15) is 34.8 Å². The van der Waals surface area contributed by atoms with Crippen molar-refractivity contribution in [2.24, 2.45) is 0 Å². The lowest BCUT2D eigenvalue weighted by atomic mass is 10.1. The van der Waals surface area contributed by atoms with Gasteiger partial charge in [0.2, 0.25) is 0 Å². The Labute approximate surface area is 105 Å². The van der Waals surface area contributed by atoms with Crippen molar-refractivity contribution in [2.75, 3.05) is 6.61 Å². The average molecular weight is 341 g/mol. The molecule has 0 aliphatic heterocycles. The minimum Gasteiger partial charge on any atom is -0.462 e. The van der Waals surface area contributed by atoms with Gasteiger partial charge in [-0.05, 0) is 42.0 Å². The van der Waals surface area contributed by atoms with Crippen LogP contribution in [0, 0.1) is 10.6 Å². The quantitative estimate of drug-likeness (QED) is 0.482. The second kappa shape index (κ2) is 5.51. The number of hydrogen-bond acceptors (Lipinski definition) is 3. The molecule has 0 aliphatic rings. The van der Waals surface area contributed by atoms with E-state index < -0.39 is 12.4 Å². The molecular formula is C10H10F2INO2. The molecule has 16 heavy (non-hydrogen) atoms. The third kappa shape index (κ3) is 2.66. The number of hydrogen-bond donors (Lipinski definition) is 0. The van der Waals surface area contributed by atoms with E-state index in [4.69, 9.17) is 4.74 Å². The Kier molecular flexibility index (Phi) is 4.57. The maximum atomic E-state index is 12.8. The number of aromatic nitrogens is 1. The van der Waals surface area contributed by atoms with Crippen LogP contribution in [0.15, 0.2) is 6.20 Å². The number of ether oxygens (including phenoxy) is 1. The normalized spacial score (nSPS) is 10.6. The molecule has 1 rings (SSSR count). The van der Waals surface area contributed by atoms with Gasteiger partial charge in [-0.2, -0.15) is 0 Å². The van der Waals surface area contributed by atoms with Gasteiger partial charge < -0.3 is 4.74 Å². The summed E-state index contributed by atoms with van der Waals surface area (Å²) in [6, 6.07) is 0. The van der Waals surface area contributed by atoms with Crippen molar-refractivity contribution >= 4 is 28.6 Å². The summed E-state index contributed by atoms with van der Waals surface area (Å²) in [6.07, 6.45) is -1.35. The van der Waals surface area contributed by atoms with Gasteiger partial charge in [-0.1, -0.05) is 0 Å². The lowest BCUT2D eigenvalue weighted by Gasteiger charge is -2.11. The summed E-state index contributed by atoms with van der Waals surface area (Å²) >= 11 is 1.68. The van der Waals surface area contributed by atoms with Gasteiger partial charge in [0.15, 0.2) is 0 Å². The van der Waals surface area contributed by atoms with Gasteiger partial charge in [-0.3, -0.25) is 0 Å². The Morgan fingerprint density at radius 1 is 1.62 bits per heavy atom. The van der Waals surface area contributed by atoms with Crippen molar-refractivity contribution in [2.45, 2.75) is 20.3 Å². The number of esters is 1. The molecule has 88 valence electrons. The van der Waals surface area contributed by atoms with Crippen LogP contribution in [-0.2, 0) is 4.74 Å². The van der Waals surface area contributed by atoms with E-state index in [-0.39, 0.29) is 21.4 Å². The zero-order chi connectivity index (χ0) is 12.3. The predicted octanol–water partition coefficient (Wildman–Crippen LogP) is 3.11. The number of pyridine rings is 1. The maximum absolute atomic E-state index is 12.8. The summed E-state index contributed by atoms with van der Waals surface area (Å²) in [5, 5.41) is 0. The van der Waals surface area contributed by atoms with Crippen molar-refractivity contribution in [3.05, 3.63) is 26.6 Å². The summed E-state index contributed by atoms with van der Waals surface area (Å²) in [5.41, 5.74) is -0.0236. The SMILES string of the molecule is CCOC(=O)c1c(C)cnc(I)c1C(F)F. The third-order valence-electron chi connectivity index (χ3n) is 1.96. The zero-order valence-electron chi connectivity index (χ0n) is 8.76. The predicted molar refractivity (Wildman–Crippen MR) is 62.6 cm³/mol. The van der Waals surface area contributed by atoms with E-state index in [2.05, 4.69) is 4.98 Å². The summed E-state index contributed by atoms with van der Waals surface area (Å²) in [4.78, 5) is 15.4. The fraction of sp³-hybridized carbons (Fsp3) is 0.400. The Balaban J connectivity index is 3.34. The van der Waals surface area contributed by atoms with Crippen molar-refractivity contribution in [1.29, 1.82) is 0 Å². The molecule has 1 aromatic rings. The molecule has 1 heterocycles. The van der Waals surface area contributed by atoms with E-state index in [9.17, 15) is 13.6 Å². The molecule has 0 aliphatic carbocycles. The van der Waals surface area contributed by atoms with Crippen molar-refractivity contribution in [1.82, 2.24) is 4.98 Å². The molecule has 1 aromatic heterocycles. The highest BCUT2D eigenvalue weighted by atomic mass is 127. The molecule has 6 heteroatoms. The molecule has 0 radical (unpaired) electrons. The Morgan fingerprint density at radius 2 is 2.25 bits per heavy atom. The molecule has 0 bridgehead atoms. The number of halogens is 3. The molecule has 0 unspecified atom stereocenters. The lowest BCUT2D eigenvalue weighted by Crippen LogP contribution is -2.13. The minimum atomic E-state index is -2.74. The number of rotatable bonds is 3. The Hall–Kier alpha value is -0.790. The van der Waals surface area contributed by atoms with Gasteiger partial charge in [0.1, 0.15) is 3.70 Å². The summed E-state index contributed by atoms with van der Waals surface area (Å²) in [7, 11) is 0. The fourth-order valence-corrected chi connectivity index (χ4v) is 1.92. The molecule has 0 saturated carbocycles. The average Bonchev–Trinajstić information content (AvgIpc) is 2.20. The summed E-state index contributed by atoms with van der Waals surface area (Å²) < 4.78 is 30.5. The topological polar surface area (TPSA) is 39.2 Å². The zero-order valence-corrected chi connectivity index (χ0v) is 10.9. The monoisotopic (exact) mass is 341 g/mol. The lowest BCUT2D eigenvalue weighted by molar-refractivity contribution is 0.0513. The largest absolute Gasteiger partial charge is 0.462 e. The number of alkyl halides is 2. The van der Waals surface area contributed by atoms with Crippen molar-refractivity contribution < 1.29 is 18.3 Å². The van der Waals surface area contributed by atoms with Gasteiger partial charge >= 0.3 is 5.97 Å². The fourth-order valence-electron chi connectivity index (χ4n) is 1.28. The highest BCUT2D eigenvalue weighted by molar-refractivity contribution is 14.1. The molecule has 0 atom stereocenters. The van der Waals surface area contributed by atoms with Gasteiger partial charge in [0.25, 0.3) is 6.43 Å². The van der Waals surface area contributed by atoms with Crippen molar-refractivity contribution in [3.8, 4) is 0 Å². The van der Waals surface area contributed by atoms with Gasteiger partial charge in [0, 0.05) is 6.20 Å². The first-order valence-corrected chi connectivity index (χ1v) is 5.67. The third-order valence-corrected chi connectivity index (χ3v) is 2.81. The molecule has 0 spiro atoms. The molecular weight excluding hydrogens is 331 g/mol. The van der Waals surface area contributed by atoms with Crippen molar-refractivity contribution in [3.63, 3.8) is 0 Å². The standard InChI is InChI=1S/C10H10F2INO2/c1-3-16-10(15)6-5(2)4-14-9(13)7(6)8(11)12/h4,8H,3H2,1-2H3. The maximum Gasteiger partial charge on any atom is 0.339 e. The molecule has 0 saturated heterocycles. The van der Waals surface area contributed by atoms with Crippen LogP contribution in [0.3, 0.4) is 0 Å². The minimum absolute atomic E-state index is 0.0729. The van der Waals surface area contributed by atoms with E-state index in [0.717, 1.165) is 0 Å².